The highest BCUT2D eigenvalue weighted by molar-refractivity contribution is 7.89. The quantitative estimate of drug-likeness (QED) is 0.586. The van der Waals surface area contributed by atoms with Gasteiger partial charge in [-0.15, -0.1) is 12.4 Å². The summed E-state index contributed by atoms with van der Waals surface area (Å²) in [6.07, 6.45) is 0. The Kier molecular flexibility index (Phi) is 9.77. The number of carbonyl (C=O) groups is 1. The van der Waals surface area contributed by atoms with E-state index in [0.29, 0.717) is 55.7 Å². The van der Waals surface area contributed by atoms with Gasteiger partial charge in [-0.1, -0.05) is 29.8 Å². The Hall–Kier alpha value is -2.33. The standard InChI is InChI=1S/C22H29N3O5S.ClH/c1-18-7-9-19(10-8-18)31(27,28)25-15-13-24(14-16-25)12-11-23-22(26)17-30-21-6-4-3-5-20(21)29-2;/h3-10H,11-17H2,1-2H3,(H,23,26);1H. The lowest BCUT2D eigenvalue weighted by Crippen LogP contribution is -2.50. The molecule has 0 bridgehead atoms. The maximum Gasteiger partial charge on any atom is 0.257 e. The molecule has 0 aliphatic carbocycles. The monoisotopic (exact) mass is 483 g/mol. The summed E-state index contributed by atoms with van der Waals surface area (Å²) in [5.74, 6) is 0.881. The van der Waals surface area contributed by atoms with Crippen molar-refractivity contribution in [2.24, 2.45) is 0 Å². The lowest BCUT2D eigenvalue weighted by atomic mass is 10.2. The third kappa shape index (κ3) is 6.83. The second kappa shape index (κ2) is 12.1. The lowest BCUT2D eigenvalue weighted by molar-refractivity contribution is -0.123. The van der Waals surface area contributed by atoms with Crippen molar-refractivity contribution in [3.8, 4) is 11.5 Å². The van der Waals surface area contributed by atoms with Crippen molar-refractivity contribution < 1.29 is 22.7 Å². The molecule has 0 unspecified atom stereocenters. The van der Waals surface area contributed by atoms with Gasteiger partial charge in [0, 0.05) is 39.3 Å². The van der Waals surface area contributed by atoms with Crippen LogP contribution >= 0.6 is 12.4 Å². The zero-order valence-corrected chi connectivity index (χ0v) is 20.0. The summed E-state index contributed by atoms with van der Waals surface area (Å²) in [6, 6.07) is 14.1. The van der Waals surface area contributed by atoms with Gasteiger partial charge in [-0.25, -0.2) is 8.42 Å². The van der Waals surface area contributed by atoms with Gasteiger partial charge in [0.05, 0.1) is 12.0 Å². The predicted molar refractivity (Wildman–Crippen MR) is 125 cm³/mol. The Morgan fingerprint density at radius 1 is 1.00 bits per heavy atom. The van der Waals surface area contributed by atoms with E-state index >= 15 is 0 Å². The van der Waals surface area contributed by atoms with Crippen molar-refractivity contribution in [1.29, 1.82) is 0 Å². The van der Waals surface area contributed by atoms with Crippen molar-refractivity contribution in [2.75, 3.05) is 53.0 Å². The second-order valence-electron chi connectivity index (χ2n) is 7.35. The summed E-state index contributed by atoms with van der Waals surface area (Å²) in [5.41, 5.74) is 1.03. The Morgan fingerprint density at radius 2 is 1.62 bits per heavy atom. The van der Waals surface area contributed by atoms with Gasteiger partial charge in [0.2, 0.25) is 10.0 Å². The third-order valence-electron chi connectivity index (χ3n) is 5.17. The molecule has 3 rings (SSSR count). The van der Waals surface area contributed by atoms with Crippen LogP contribution in [0.1, 0.15) is 5.56 Å². The van der Waals surface area contributed by atoms with Crippen LogP contribution in [-0.4, -0.2) is 76.5 Å². The van der Waals surface area contributed by atoms with Crippen molar-refractivity contribution in [1.82, 2.24) is 14.5 Å². The molecular weight excluding hydrogens is 454 g/mol. The van der Waals surface area contributed by atoms with Gasteiger partial charge in [0.25, 0.3) is 5.91 Å². The van der Waals surface area contributed by atoms with Crippen LogP contribution in [0, 0.1) is 6.92 Å². The van der Waals surface area contributed by atoms with Gasteiger partial charge in [0.15, 0.2) is 18.1 Å². The van der Waals surface area contributed by atoms with Gasteiger partial charge in [-0.2, -0.15) is 4.31 Å². The first-order valence-electron chi connectivity index (χ1n) is 10.2. The minimum absolute atomic E-state index is 0. The molecule has 1 heterocycles. The molecule has 0 aromatic heterocycles. The van der Waals surface area contributed by atoms with Crippen LogP contribution in [0.2, 0.25) is 0 Å². The zero-order chi connectivity index (χ0) is 22.3. The van der Waals surface area contributed by atoms with Crippen molar-refractivity contribution in [3.63, 3.8) is 0 Å². The van der Waals surface area contributed by atoms with E-state index in [1.807, 2.05) is 31.2 Å². The summed E-state index contributed by atoms with van der Waals surface area (Å²) in [6.45, 7) is 5.07. The predicted octanol–water partition coefficient (Wildman–Crippen LogP) is 1.93. The fraction of sp³-hybridized carbons (Fsp3) is 0.409. The van der Waals surface area contributed by atoms with Crippen LogP contribution in [0.15, 0.2) is 53.4 Å². The lowest BCUT2D eigenvalue weighted by Gasteiger charge is -2.34. The van der Waals surface area contributed by atoms with Crippen molar-refractivity contribution >= 4 is 28.3 Å². The number of rotatable bonds is 9. The van der Waals surface area contributed by atoms with E-state index in [1.165, 1.54) is 4.31 Å². The second-order valence-corrected chi connectivity index (χ2v) is 9.29. The number of nitrogens with one attached hydrogen (secondary N) is 1. The maximum atomic E-state index is 12.8. The smallest absolute Gasteiger partial charge is 0.257 e. The number of para-hydroxylation sites is 2. The van der Waals surface area contributed by atoms with E-state index in [-0.39, 0.29) is 24.9 Å². The molecule has 1 amide bonds. The summed E-state index contributed by atoms with van der Waals surface area (Å²) in [7, 11) is -1.92. The first kappa shape index (κ1) is 25.9. The average Bonchev–Trinajstić information content (AvgIpc) is 2.78. The largest absolute Gasteiger partial charge is 0.493 e. The number of sulfonamides is 1. The van der Waals surface area contributed by atoms with Gasteiger partial charge in [-0.05, 0) is 31.2 Å². The number of aryl methyl sites for hydroxylation is 1. The van der Waals surface area contributed by atoms with E-state index in [2.05, 4.69) is 10.2 Å². The number of piperazine rings is 1. The van der Waals surface area contributed by atoms with E-state index < -0.39 is 10.0 Å². The average molecular weight is 484 g/mol. The minimum atomic E-state index is -3.47. The van der Waals surface area contributed by atoms with Gasteiger partial charge in [-0.3, -0.25) is 9.69 Å². The molecule has 1 fully saturated rings. The molecule has 10 heteroatoms. The summed E-state index contributed by atoms with van der Waals surface area (Å²) < 4.78 is 37.8. The number of ether oxygens (including phenoxy) is 2. The Labute approximate surface area is 196 Å². The van der Waals surface area contributed by atoms with Crippen molar-refractivity contribution in [3.05, 3.63) is 54.1 Å². The Bertz CT molecular complexity index is 977. The van der Waals surface area contributed by atoms with Crippen LogP contribution in [0.3, 0.4) is 0 Å². The molecule has 2 aromatic rings. The summed E-state index contributed by atoms with van der Waals surface area (Å²) >= 11 is 0. The van der Waals surface area contributed by atoms with Crippen LogP contribution in [0.4, 0.5) is 0 Å². The van der Waals surface area contributed by atoms with Gasteiger partial charge >= 0.3 is 0 Å². The number of carbonyl (C=O) groups excluding carboxylic acids is 1. The summed E-state index contributed by atoms with van der Waals surface area (Å²) in [5, 5.41) is 2.83. The molecule has 2 aromatic carbocycles. The number of nitrogens with zero attached hydrogens (tertiary/aromatic N) is 2. The van der Waals surface area contributed by atoms with Gasteiger partial charge in [0.1, 0.15) is 0 Å². The van der Waals surface area contributed by atoms with Crippen LogP contribution in [0.25, 0.3) is 0 Å². The fourth-order valence-electron chi connectivity index (χ4n) is 3.34. The normalized spacial score (nSPS) is 14.9. The van der Waals surface area contributed by atoms with Crippen LogP contribution in [-0.2, 0) is 14.8 Å². The molecule has 1 saturated heterocycles. The Morgan fingerprint density at radius 3 is 2.25 bits per heavy atom. The maximum absolute atomic E-state index is 12.8. The van der Waals surface area contributed by atoms with Gasteiger partial charge < -0.3 is 14.8 Å². The molecule has 1 N–H and O–H groups in total. The number of hydrogen-bond donors (Lipinski definition) is 1. The molecule has 1 aliphatic rings. The molecule has 0 radical (unpaired) electrons. The number of methoxy groups -OCH3 is 1. The molecule has 176 valence electrons. The number of amides is 1. The Balaban J connectivity index is 0.00000363. The van der Waals surface area contributed by atoms with Crippen molar-refractivity contribution in [2.45, 2.75) is 11.8 Å². The molecule has 8 nitrogen and oxygen atoms in total. The molecule has 0 atom stereocenters. The fourth-order valence-corrected chi connectivity index (χ4v) is 4.76. The van der Waals surface area contributed by atoms with E-state index in [0.717, 1.165) is 5.56 Å². The highest BCUT2D eigenvalue weighted by atomic mass is 35.5. The van der Waals surface area contributed by atoms with E-state index in [9.17, 15) is 13.2 Å². The number of benzene rings is 2. The SMILES string of the molecule is COc1ccccc1OCC(=O)NCCN1CCN(S(=O)(=O)c2ccc(C)cc2)CC1.Cl. The first-order chi connectivity index (χ1) is 14.9. The minimum Gasteiger partial charge on any atom is -0.493 e. The van der Waals surface area contributed by atoms with Crippen LogP contribution < -0.4 is 14.8 Å². The van der Waals surface area contributed by atoms with E-state index in [1.54, 1.807) is 31.4 Å². The van der Waals surface area contributed by atoms with Crippen LogP contribution in [0.5, 0.6) is 11.5 Å². The zero-order valence-electron chi connectivity index (χ0n) is 18.3. The van der Waals surface area contributed by atoms with E-state index in [4.69, 9.17) is 9.47 Å². The third-order valence-corrected chi connectivity index (χ3v) is 7.08. The first-order valence-corrected chi connectivity index (χ1v) is 11.7. The molecular formula is C22H30ClN3O5S. The highest BCUT2D eigenvalue weighted by Crippen LogP contribution is 2.25. The molecule has 32 heavy (non-hydrogen) atoms. The highest BCUT2D eigenvalue weighted by Gasteiger charge is 2.28. The number of halogens is 1. The molecule has 0 saturated carbocycles. The topological polar surface area (TPSA) is 88.2 Å². The number of hydrogen-bond acceptors (Lipinski definition) is 6. The summed E-state index contributed by atoms with van der Waals surface area (Å²) in [4.78, 5) is 14.5. The molecule has 1 aliphatic heterocycles. The molecule has 0 spiro atoms.